The van der Waals surface area contributed by atoms with E-state index < -0.39 is 22.6 Å². The van der Waals surface area contributed by atoms with Gasteiger partial charge in [0, 0.05) is 19.6 Å². The number of hydrogen-bond donors (Lipinski definition) is 1. The smallest absolute Gasteiger partial charge is 0.381 e. The van der Waals surface area contributed by atoms with Gasteiger partial charge in [-0.3, -0.25) is 0 Å². The molecule has 0 aromatic rings. The van der Waals surface area contributed by atoms with E-state index in [9.17, 15) is 21.6 Å². The Morgan fingerprint density at radius 3 is 2.06 bits per heavy atom. The van der Waals surface area contributed by atoms with Crippen molar-refractivity contribution in [2.75, 3.05) is 19.0 Å². The molecule has 2 N–H and O–H groups in total. The van der Waals surface area contributed by atoms with Crippen LogP contribution in [0.1, 0.15) is 38.5 Å². The van der Waals surface area contributed by atoms with E-state index >= 15 is 0 Å². The average molecular weight is 291 g/mol. The summed E-state index contributed by atoms with van der Waals surface area (Å²) >= 11 is 0. The van der Waals surface area contributed by atoms with E-state index in [0.29, 0.717) is 13.0 Å². The molecule has 0 spiro atoms. The van der Waals surface area contributed by atoms with Crippen molar-refractivity contribution in [3.8, 4) is 0 Å². The lowest BCUT2D eigenvalue weighted by Crippen LogP contribution is -2.16. The van der Waals surface area contributed by atoms with Crippen molar-refractivity contribution in [1.29, 1.82) is 0 Å². The van der Waals surface area contributed by atoms with Gasteiger partial charge in [-0.25, -0.2) is 13.6 Å². The minimum Gasteiger partial charge on any atom is -0.381 e. The van der Waals surface area contributed by atoms with Gasteiger partial charge < -0.3 is 4.74 Å². The highest BCUT2D eigenvalue weighted by Gasteiger charge is 2.25. The Kier molecular flexibility index (Phi) is 8.54. The highest BCUT2D eigenvalue weighted by Crippen LogP contribution is 2.20. The summed E-state index contributed by atoms with van der Waals surface area (Å²) < 4.78 is 61.5. The molecule has 0 aliphatic heterocycles. The minimum atomic E-state index is -4.11. The van der Waals surface area contributed by atoms with Crippen molar-refractivity contribution < 1.29 is 26.3 Å². The van der Waals surface area contributed by atoms with Crippen molar-refractivity contribution in [1.82, 2.24) is 0 Å². The van der Waals surface area contributed by atoms with Crippen LogP contribution >= 0.6 is 0 Å². The van der Waals surface area contributed by atoms with Gasteiger partial charge in [-0.05, 0) is 19.3 Å². The fourth-order valence-electron chi connectivity index (χ4n) is 1.34. The summed E-state index contributed by atoms with van der Waals surface area (Å²) in [5, 5.41) is 4.82. The molecule has 0 aromatic carbocycles. The molecule has 0 unspecified atom stereocenters. The van der Waals surface area contributed by atoms with E-state index in [0.717, 1.165) is 19.3 Å². The summed E-state index contributed by atoms with van der Waals surface area (Å²) in [5.74, 6) is -0.0283. The number of alkyl halides is 3. The predicted molar refractivity (Wildman–Crippen MR) is 62.6 cm³/mol. The summed E-state index contributed by atoms with van der Waals surface area (Å²) in [6.07, 6.45) is -2.21. The molecule has 0 fully saturated rings. The second-order valence-electron chi connectivity index (χ2n) is 4.11. The predicted octanol–water partition coefficient (Wildman–Crippen LogP) is 2.19. The second-order valence-corrected chi connectivity index (χ2v) is 5.85. The molecule has 0 bridgehead atoms. The molecule has 0 atom stereocenters. The largest absolute Gasteiger partial charge is 0.389 e. The lowest BCUT2D eigenvalue weighted by Gasteiger charge is -2.06. The Morgan fingerprint density at radius 1 is 0.944 bits per heavy atom. The van der Waals surface area contributed by atoms with Crippen LogP contribution in [-0.4, -0.2) is 33.6 Å². The number of unbranched alkanes of at least 4 members (excludes halogenated alkanes) is 3. The molecule has 0 radical (unpaired) electrons. The number of sulfonamides is 1. The monoisotopic (exact) mass is 291 g/mol. The third-order valence-electron chi connectivity index (χ3n) is 2.22. The molecule has 0 amide bonds. The van der Waals surface area contributed by atoms with E-state index in [1.165, 1.54) is 0 Å². The summed E-state index contributed by atoms with van der Waals surface area (Å²) in [7, 11) is -3.38. The number of hydrogen-bond acceptors (Lipinski definition) is 3. The van der Waals surface area contributed by atoms with Gasteiger partial charge in [0.1, 0.15) is 0 Å². The van der Waals surface area contributed by atoms with Crippen molar-refractivity contribution in [2.45, 2.75) is 44.7 Å². The number of nitrogens with two attached hydrogens (primary N) is 1. The summed E-state index contributed by atoms with van der Waals surface area (Å²) in [5.41, 5.74) is 0. The topological polar surface area (TPSA) is 69.4 Å². The van der Waals surface area contributed by atoms with E-state index in [1.807, 2.05) is 0 Å². The highest BCUT2D eigenvalue weighted by atomic mass is 32.2. The molecule has 4 nitrogen and oxygen atoms in total. The maximum absolute atomic E-state index is 11.8. The minimum absolute atomic E-state index is 0.0189. The van der Waals surface area contributed by atoms with Crippen molar-refractivity contribution >= 4 is 10.0 Å². The van der Waals surface area contributed by atoms with E-state index in [4.69, 9.17) is 9.88 Å². The van der Waals surface area contributed by atoms with Gasteiger partial charge in [0.25, 0.3) is 0 Å². The molecule has 8 heteroatoms. The zero-order chi connectivity index (χ0) is 14.1. The van der Waals surface area contributed by atoms with Crippen LogP contribution in [0.5, 0.6) is 0 Å². The Hall–Kier alpha value is -0.340. The van der Waals surface area contributed by atoms with Gasteiger partial charge in [0.05, 0.1) is 5.75 Å². The van der Waals surface area contributed by atoms with Crippen LogP contribution in [0.4, 0.5) is 13.2 Å². The first-order valence-corrected chi connectivity index (χ1v) is 7.57. The van der Waals surface area contributed by atoms with Crippen LogP contribution in [-0.2, 0) is 14.8 Å². The lowest BCUT2D eigenvalue weighted by atomic mass is 10.2. The molecule has 0 saturated heterocycles. The average Bonchev–Trinajstić information content (AvgIpc) is 2.17. The van der Waals surface area contributed by atoms with Crippen molar-refractivity contribution in [2.24, 2.45) is 5.14 Å². The first-order valence-electron chi connectivity index (χ1n) is 5.86. The summed E-state index contributed by atoms with van der Waals surface area (Å²) in [6, 6.07) is 0. The molecular weight excluding hydrogens is 271 g/mol. The first-order chi connectivity index (χ1) is 8.21. The Labute approximate surface area is 106 Å². The van der Waals surface area contributed by atoms with Crippen LogP contribution < -0.4 is 5.14 Å². The fourth-order valence-corrected chi connectivity index (χ4v) is 1.94. The molecule has 0 aliphatic rings. The lowest BCUT2D eigenvalue weighted by molar-refractivity contribution is -0.137. The SMILES string of the molecule is NS(=O)(=O)CCCCCCOCCCC(F)(F)F. The quantitative estimate of drug-likeness (QED) is 0.627. The van der Waals surface area contributed by atoms with Gasteiger partial charge in [-0.2, -0.15) is 13.2 Å². The first kappa shape index (κ1) is 17.7. The molecule has 0 rings (SSSR count). The van der Waals surface area contributed by atoms with Crippen LogP contribution in [0.25, 0.3) is 0 Å². The van der Waals surface area contributed by atoms with E-state index in [1.54, 1.807) is 0 Å². The van der Waals surface area contributed by atoms with E-state index in [-0.39, 0.29) is 18.8 Å². The molecular formula is C10H20F3NO3S. The van der Waals surface area contributed by atoms with Crippen LogP contribution in [0.2, 0.25) is 0 Å². The number of primary sulfonamides is 1. The van der Waals surface area contributed by atoms with Gasteiger partial charge in [-0.1, -0.05) is 12.8 Å². The Balaban J connectivity index is 3.17. The van der Waals surface area contributed by atoms with Gasteiger partial charge in [0.15, 0.2) is 0 Å². The van der Waals surface area contributed by atoms with Crippen LogP contribution in [0.15, 0.2) is 0 Å². The maximum Gasteiger partial charge on any atom is 0.389 e. The summed E-state index contributed by atoms with van der Waals surface area (Å²) in [4.78, 5) is 0. The third kappa shape index (κ3) is 15.7. The number of halogens is 3. The normalized spacial score (nSPS) is 12.9. The molecule has 110 valence electrons. The number of ether oxygens (including phenoxy) is 1. The Bertz CT molecular complexity index is 304. The Morgan fingerprint density at radius 2 is 1.50 bits per heavy atom. The highest BCUT2D eigenvalue weighted by molar-refractivity contribution is 7.89. The van der Waals surface area contributed by atoms with Crippen molar-refractivity contribution in [3.05, 3.63) is 0 Å². The molecule has 0 heterocycles. The second kappa shape index (κ2) is 8.71. The molecule has 0 aliphatic carbocycles. The number of rotatable bonds is 10. The summed E-state index contributed by atoms with van der Waals surface area (Å²) in [6.45, 7) is 0.518. The standard InChI is InChI=1S/C10H20F3NO3S/c11-10(12,13)6-5-8-17-7-3-1-2-4-9-18(14,15)16/h1-9H2,(H2,14,15,16). The van der Waals surface area contributed by atoms with Crippen LogP contribution in [0.3, 0.4) is 0 Å². The third-order valence-corrected chi connectivity index (χ3v) is 3.07. The molecule has 18 heavy (non-hydrogen) atoms. The molecule has 0 saturated carbocycles. The fraction of sp³-hybridized carbons (Fsp3) is 1.00. The van der Waals surface area contributed by atoms with Gasteiger partial charge in [-0.15, -0.1) is 0 Å². The maximum atomic E-state index is 11.8. The van der Waals surface area contributed by atoms with Crippen LogP contribution in [0, 0.1) is 0 Å². The zero-order valence-corrected chi connectivity index (χ0v) is 11.0. The van der Waals surface area contributed by atoms with Gasteiger partial charge in [0.2, 0.25) is 10.0 Å². The zero-order valence-electron chi connectivity index (χ0n) is 10.2. The van der Waals surface area contributed by atoms with Gasteiger partial charge >= 0.3 is 6.18 Å². The van der Waals surface area contributed by atoms with E-state index in [2.05, 4.69) is 0 Å². The molecule has 0 aromatic heterocycles. The van der Waals surface area contributed by atoms with Crippen molar-refractivity contribution in [3.63, 3.8) is 0 Å².